The first-order valence-corrected chi connectivity index (χ1v) is 9.70. The Morgan fingerprint density at radius 3 is 2.43 bits per heavy atom. The van der Waals surface area contributed by atoms with E-state index in [2.05, 4.69) is 10.6 Å². The molecule has 2 aromatic carbocycles. The van der Waals surface area contributed by atoms with Gasteiger partial charge in [-0.05, 0) is 36.7 Å². The monoisotopic (exact) mass is 439 g/mol. The lowest BCUT2D eigenvalue weighted by molar-refractivity contribution is -0.215. The van der Waals surface area contributed by atoms with E-state index in [9.17, 15) is 22.8 Å². The van der Waals surface area contributed by atoms with Crippen molar-refractivity contribution in [2.24, 2.45) is 5.41 Å². The van der Waals surface area contributed by atoms with Crippen LogP contribution in [0.3, 0.4) is 0 Å². The lowest BCUT2D eigenvalue weighted by Crippen LogP contribution is -2.50. The third-order valence-electron chi connectivity index (χ3n) is 5.11. The Balaban J connectivity index is 1.78. The number of carbonyl (C=O) groups is 2. The number of alkyl halides is 3. The molecule has 1 saturated heterocycles. The van der Waals surface area contributed by atoms with Crippen molar-refractivity contribution >= 4 is 34.8 Å². The van der Waals surface area contributed by atoms with Crippen LogP contribution >= 0.6 is 11.6 Å². The molecule has 160 valence electrons. The van der Waals surface area contributed by atoms with Crippen LogP contribution in [0.15, 0.2) is 48.5 Å². The third kappa shape index (κ3) is 4.76. The first-order chi connectivity index (χ1) is 14.1. The zero-order valence-electron chi connectivity index (χ0n) is 16.2. The number of hydrogen-bond donors (Lipinski definition) is 2. The molecule has 1 heterocycles. The van der Waals surface area contributed by atoms with Gasteiger partial charge in [0.1, 0.15) is 0 Å². The van der Waals surface area contributed by atoms with Crippen LogP contribution in [0, 0.1) is 5.41 Å². The highest BCUT2D eigenvalue weighted by Gasteiger charge is 2.63. The molecule has 1 aliphatic rings. The number of halogens is 4. The van der Waals surface area contributed by atoms with Crippen molar-refractivity contribution in [3.8, 4) is 0 Å². The molecule has 0 bridgehead atoms. The largest absolute Gasteiger partial charge is 0.404 e. The Labute approximate surface area is 177 Å². The molecule has 30 heavy (non-hydrogen) atoms. The molecule has 0 aliphatic carbocycles. The molecule has 1 atom stereocenters. The average Bonchev–Trinajstić information content (AvgIpc) is 3.09. The normalized spacial score (nSPS) is 19.5. The molecule has 0 radical (unpaired) electrons. The van der Waals surface area contributed by atoms with Crippen LogP contribution in [-0.2, 0) is 16.1 Å². The second-order valence-corrected chi connectivity index (χ2v) is 7.76. The number of likely N-dealkylation sites (tertiary alicyclic amines) is 1. The van der Waals surface area contributed by atoms with Crippen LogP contribution in [0.1, 0.15) is 18.9 Å². The second kappa shape index (κ2) is 8.65. The highest BCUT2D eigenvalue weighted by molar-refractivity contribution is 6.34. The smallest absolute Gasteiger partial charge is 0.326 e. The molecule has 5 nitrogen and oxygen atoms in total. The molecule has 2 N–H and O–H groups in total. The number of benzene rings is 2. The number of amides is 2. The SMILES string of the molecule is CC(=O)Nc1ccc(NC(=O)C2(C(F)(F)F)CCN(Cc3ccccc3)C2)c(Cl)c1. The zero-order chi connectivity index (χ0) is 21.9. The van der Waals surface area contributed by atoms with Crippen molar-refractivity contribution in [1.29, 1.82) is 0 Å². The Kier molecular flexibility index (Phi) is 6.38. The lowest BCUT2D eigenvalue weighted by atomic mass is 9.85. The van der Waals surface area contributed by atoms with Gasteiger partial charge in [0.2, 0.25) is 11.8 Å². The summed E-state index contributed by atoms with van der Waals surface area (Å²) in [5, 5.41) is 4.89. The summed E-state index contributed by atoms with van der Waals surface area (Å²) in [5.74, 6) is -1.46. The minimum absolute atomic E-state index is 0.0334. The van der Waals surface area contributed by atoms with E-state index in [0.29, 0.717) is 12.2 Å². The Hall–Kier alpha value is -2.58. The van der Waals surface area contributed by atoms with E-state index in [1.165, 1.54) is 25.1 Å². The predicted octanol–water partition coefficient (Wildman–Crippen LogP) is 4.69. The fraction of sp³-hybridized carbons (Fsp3) is 0.333. The van der Waals surface area contributed by atoms with Crippen molar-refractivity contribution in [3.63, 3.8) is 0 Å². The van der Waals surface area contributed by atoms with E-state index < -0.39 is 24.0 Å². The second-order valence-electron chi connectivity index (χ2n) is 7.36. The first-order valence-electron chi connectivity index (χ1n) is 9.32. The highest BCUT2D eigenvalue weighted by Crippen LogP contribution is 2.47. The van der Waals surface area contributed by atoms with Crippen LogP contribution in [0.5, 0.6) is 0 Å². The zero-order valence-corrected chi connectivity index (χ0v) is 17.0. The molecule has 1 aliphatic heterocycles. The quantitative estimate of drug-likeness (QED) is 0.710. The van der Waals surface area contributed by atoms with E-state index in [0.717, 1.165) is 5.56 Å². The minimum Gasteiger partial charge on any atom is -0.326 e. The molecule has 9 heteroatoms. The molecule has 1 unspecified atom stereocenters. The van der Waals surface area contributed by atoms with Gasteiger partial charge in [-0.3, -0.25) is 14.5 Å². The van der Waals surface area contributed by atoms with Gasteiger partial charge in [0.05, 0.1) is 10.7 Å². The standard InChI is InChI=1S/C21H21ClF3N3O2/c1-14(29)26-16-7-8-18(17(22)11-16)27-19(30)20(21(23,24)25)9-10-28(13-20)12-15-5-3-2-4-6-15/h2-8,11H,9-10,12-13H2,1H3,(H,26,29)(H,27,30). The number of nitrogens with zero attached hydrogens (tertiary/aromatic N) is 1. The van der Waals surface area contributed by atoms with Crippen LogP contribution in [0.4, 0.5) is 24.5 Å². The molecule has 0 aromatic heterocycles. The summed E-state index contributed by atoms with van der Waals surface area (Å²) in [6.07, 6.45) is -5.05. The van der Waals surface area contributed by atoms with Gasteiger partial charge in [-0.1, -0.05) is 41.9 Å². The summed E-state index contributed by atoms with van der Waals surface area (Å²) in [6, 6.07) is 13.3. The Morgan fingerprint density at radius 1 is 1.13 bits per heavy atom. The van der Waals surface area contributed by atoms with Gasteiger partial charge in [-0.2, -0.15) is 13.2 Å². The summed E-state index contributed by atoms with van der Waals surface area (Å²) < 4.78 is 42.1. The molecule has 1 fully saturated rings. The predicted molar refractivity (Wildman–Crippen MR) is 109 cm³/mol. The number of nitrogens with one attached hydrogen (secondary N) is 2. The summed E-state index contributed by atoms with van der Waals surface area (Å²) >= 11 is 6.10. The summed E-state index contributed by atoms with van der Waals surface area (Å²) in [7, 11) is 0. The number of rotatable bonds is 5. The van der Waals surface area contributed by atoms with Gasteiger partial charge < -0.3 is 10.6 Å². The van der Waals surface area contributed by atoms with Crippen LogP contribution in [0.25, 0.3) is 0 Å². The summed E-state index contributed by atoms with van der Waals surface area (Å²) in [5.41, 5.74) is -1.21. The maximum Gasteiger partial charge on any atom is 0.404 e. The van der Waals surface area contributed by atoms with Crippen molar-refractivity contribution in [1.82, 2.24) is 4.90 Å². The fourth-order valence-electron chi connectivity index (χ4n) is 3.55. The van der Waals surface area contributed by atoms with Gasteiger partial charge in [0.15, 0.2) is 5.41 Å². The van der Waals surface area contributed by atoms with Crippen LogP contribution in [-0.4, -0.2) is 36.0 Å². The van der Waals surface area contributed by atoms with E-state index in [-0.39, 0.29) is 29.6 Å². The molecular weight excluding hydrogens is 419 g/mol. The van der Waals surface area contributed by atoms with Gasteiger partial charge >= 0.3 is 6.18 Å². The third-order valence-corrected chi connectivity index (χ3v) is 5.42. The molecular formula is C21H21ClF3N3O2. The lowest BCUT2D eigenvalue weighted by Gasteiger charge is -2.30. The highest BCUT2D eigenvalue weighted by atomic mass is 35.5. The molecule has 0 saturated carbocycles. The van der Waals surface area contributed by atoms with Crippen molar-refractivity contribution in [2.75, 3.05) is 23.7 Å². The van der Waals surface area contributed by atoms with Crippen molar-refractivity contribution < 1.29 is 22.8 Å². The molecule has 2 aromatic rings. The van der Waals surface area contributed by atoms with Crippen molar-refractivity contribution in [2.45, 2.75) is 26.1 Å². The summed E-state index contributed by atoms with van der Waals surface area (Å²) in [4.78, 5) is 25.6. The van der Waals surface area contributed by atoms with Gasteiger partial charge in [0, 0.05) is 25.7 Å². The van der Waals surface area contributed by atoms with Gasteiger partial charge in [0.25, 0.3) is 0 Å². The molecule has 2 amide bonds. The molecule has 3 rings (SSSR count). The topological polar surface area (TPSA) is 61.4 Å². The van der Waals surface area contributed by atoms with Gasteiger partial charge in [-0.15, -0.1) is 0 Å². The maximum atomic E-state index is 14.0. The summed E-state index contributed by atoms with van der Waals surface area (Å²) in [6.45, 7) is 1.37. The van der Waals surface area contributed by atoms with Gasteiger partial charge in [-0.25, -0.2) is 0 Å². The minimum atomic E-state index is -4.72. The van der Waals surface area contributed by atoms with Crippen LogP contribution in [0.2, 0.25) is 5.02 Å². The Bertz CT molecular complexity index is 937. The van der Waals surface area contributed by atoms with Crippen LogP contribution < -0.4 is 10.6 Å². The first kappa shape index (κ1) is 22.1. The van der Waals surface area contributed by atoms with Crippen molar-refractivity contribution in [3.05, 3.63) is 59.1 Å². The maximum absolute atomic E-state index is 14.0. The Morgan fingerprint density at radius 2 is 1.83 bits per heavy atom. The fourth-order valence-corrected chi connectivity index (χ4v) is 3.78. The molecule has 0 spiro atoms. The van der Waals surface area contributed by atoms with E-state index in [4.69, 9.17) is 11.6 Å². The number of hydrogen-bond acceptors (Lipinski definition) is 3. The number of carbonyl (C=O) groups excluding carboxylic acids is 2. The van der Waals surface area contributed by atoms with E-state index in [1.807, 2.05) is 30.3 Å². The average molecular weight is 440 g/mol. The van der Waals surface area contributed by atoms with E-state index in [1.54, 1.807) is 4.90 Å². The van der Waals surface area contributed by atoms with E-state index >= 15 is 0 Å². The number of anilines is 2.